The zero-order chi connectivity index (χ0) is 12.6. The molecule has 90 valence electrons. The number of aromatic nitrogens is 1. The van der Waals surface area contributed by atoms with Gasteiger partial charge in [-0.05, 0) is 6.07 Å². The van der Waals surface area contributed by atoms with Crippen molar-refractivity contribution in [3.8, 4) is 0 Å². The minimum Gasteiger partial charge on any atom is -0.263 e. The average Bonchev–Trinajstić information content (AvgIpc) is 2.16. The molecule has 0 bridgehead atoms. The Morgan fingerprint density at radius 3 is 2.31 bits per heavy atom. The maximum atomic E-state index is 12.5. The molecule has 0 unspecified atom stereocenters. The van der Waals surface area contributed by atoms with Crippen molar-refractivity contribution in [3.05, 3.63) is 24.0 Å². The van der Waals surface area contributed by atoms with Crippen LogP contribution in [0.25, 0.3) is 0 Å². The number of nitrogens with zero attached hydrogens (tertiary/aromatic N) is 2. The summed E-state index contributed by atoms with van der Waals surface area (Å²) < 4.78 is 61.5. The first-order chi connectivity index (χ1) is 7.17. The number of hydrogen-bond donors (Lipinski definition) is 0. The van der Waals surface area contributed by atoms with E-state index in [0.29, 0.717) is 16.6 Å². The molecule has 0 saturated heterocycles. The van der Waals surface area contributed by atoms with Gasteiger partial charge in [0.1, 0.15) is 4.90 Å². The van der Waals surface area contributed by atoms with E-state index in [4.69, 9.17) is 0 Å². The van der Waals surface area contributed by atoms with Gasteiger partial charge in [0, 0.05) is 26.5 Å². The van der Waals surface area contributed by atoms with Crippen LogP contribution in [-0.2, 0) is 16.2 Å². The molecule has 0 N–H and O–H groups in total. The van der Waals surface area contributed by atoms with Gasteiger partial charge in [0.25, 0.3) is 0 Å². The Morgan fingerprint density at radius 1 is 1.31 bits per heavy atom. The van der Waals surface area contributed by atoms with E-state index < -0.39 is 26.7 Å². The summed E-state index contributed by atoms with van der Waals surface area (Å²) in [6.07, 6.45) is -3.13. The van der Waals surface area contributed by atoms with Crippen molar-refractivity contribution in [3.63, 3.8) is 0 Å². The predicted molar refractivity (Wildman–Crippen MR) is 50.1 cm³/mol. The normalized spacial score (nSPS) is 13.1. The number of alkyl halides is 3. The molecule has 0 atom stereocenters. The quantitative estimate of drug-likeness (QED) is 0.800. The summed E-state index contributed by atoms with van der Waals surface area (Å²) in [7, 11) is -1.83. The third kappa shape index (κ3) is 2.33. The van der Waals surface area contributed by atoms with Gasteiger partial charge in [-0.2, -0.15) is 13.2 Å². The van der Waals surface area contributed by atoms with Crippen LogP contribution in [0.1, 0.15) is 5.56 Å². The number of hydrogen-bond acceptors (Lipinski definition) is 3. The minimum absolute atomic E-state index is 0.635. The van der Waals surface area contributed by atoms with Gasteiger partial charge in [0.2, 0.25) is 10.0 Å². The van der Waals surface area contributed by atoms with Gasteiger partial charge in [-0.25, -0.2) is 12.7 Å². The van der Waals surface area contributed by atoms with Crippen LogP contribution in [0.5, 0.6) is 0 Å². The van der Waals surface area contributed by atoms with E-state index in [1.165, 1.54) is 0 Å². The molecule has 1 heterocycles. The molecule has 0 aromatic carbocycles. The fourth-order valence-corrected chi connectivity index (χ4v) is 2.07. The number of pyridine rings is 1. The second kappa shape index (κ2) is 4.02. The number of halogens is 3. The average molecular weight is 254 g/mol. The van der Waals surface area contributed by atoms with Crippen molar-refractivity contribution >= 4 is 10.0 Å². The molecule has 16 heavy (non-hydrogen) atoms. The molecule has 1 aromatic rings. The fraction of sp³-hybridized carbons (Fsp3) is 0.375. The largest absolute Gasteiger partial charge is 0.417 e. The lowest BCUT2D eigenvalue weighted by Crippen LogP contribution is -2.25. The van der Waals surface area contributed by atoms with Crippen molar-refractivity contribution in [1.29, 1.82) is 0 Å². The molecular formula is C8H9F3N2O2S. The Labute approximate surface area is 90.8 Å². The predicted octanol–water partition coefficient (Wildman–Crippen LogP) is 1.35. The van der Waals surface area contributed by atoms with Gasteiger partial charge in [-0.1, -0.05) is 0 Å². The maximum Gasteiger partial charge on any atom is 0.417 e. The molecule has 8 heteroatoms. The van der Waals surface area contributed by atoms with Gasteiger partial charge in [-0.15, -0.1) is 0 Å². The summed E-state index contributed by atoms with van der Waals surface area (Å²) >= 11 is 0. The van der Waals surface area contributed by atoms with Crippen LogP contribution in [0.15, 0.2) is 23.4 Å². The highest BCUT2D eigenvalue weighted by Crippen LogP contribution is 2.34. The Bertz CT molecular complexity index is 482. The molecule has 0 radical (unpaired) electrons. The van der Waals surface area contributed by atoms with Crippen molar-refractivity contribution in [2.24, 2.45) is 0 Å². The summed E-state index contributed by atoms with van der Waals surface area (Å²) in [5.74, 6) is 0. The zero-order valence-electron chi connectivity index (χ0n) is 8.49. The first kappa shape index (κ1) is 12.9. The molecule has 0 fully saturated rings. The van der Waals surface area contributed by atoms with Crippen LogP contribution < -0.4 is 0 Å². The van der Waals surface area contributed by atoms with E-state index in [1.807, 2.05) is 0 Å². The Balaban J connectivity index is 3.48. The third-order valence-electron chi connectivity index (χ3n) is 1.85. The van der Waals surface area contributed by atoms with E-state index in [-0.39, 0.29) is 0 Å². The smallest absolute Gasteiger partial charge is 0.263 e. The topological polar surface area (TPSA) is 50.3 Å². The van der Waals surface area contributed by atoms with Crippen molar-refractivity contribution < 1.29 is 21.6 Å². The number of rotatable bonds is 2. The molecule has 1 aromatic heterocycles. The van der Waals surface area contributed by atoms with Crippen LogP contribution >= 0.6 is 0 Å². The lowest BCUT2D eigenvalue weighted by molar-refractivity contribution is -0.140. The Hall–Kier alpha value is -1.15. The van der Waals surface area contributed by atoms with Gasteiger partial charge in [0.15, 0.2) is 0 Å². The highest BCUT2D eigenvalue weighted by molar-refractivity contribution is 7.89. The van der Waals surface area contributed by atoms with Gasteiger partial charge < -0.3 is 0 Å². The highest BCUT2D eigenvalue weighted by atomic mass is 32.2. The Kier molecular flexibility index (Phi) is 3.25. The minimum atomic E-state index is -4.72. The molecule has 1 rings (SSSR count). The number of sulfonamides is 1. The zero-order valence-corrected chi connectivity index (χ0v) is 9.30. The van der Waals surface area contributed by atoms with Gasteiger partial charge in [0.05, 0.1) is 5.56 Å². The van der Waals surface area contributed by atoms with Gasteiger partial charge in [-0.3, -0.25) is 4.98 Å². The SMILES string of the molecule is CN(C)S(=O)(=O)c1cnccc1C(F)(F)F. The third-order valence-corrected chi connectivity index (χ3v) is 3.69. The lowest BCUT2D eigenvalue weighted by Gasteiger charge is -2.15. The lowest BCUT2D eigenvalue weighted by atomic mass is 10.3. The van der Waals surface area contributed by atoms with E-state index in [0.717, 1.165) is 20.3 Å². The molecular weight excluding hydrogens is 245 g/mol. The molecule has 0 amide bonds. The van der Waals surface area contributed by atoms with Crippen LogP contribution in [0.3, 0.4) is 0 Å². The van der Waals surface area contributed by atoms with Crippen LogP contribution in [0.2, 0.25) is 0 Å². The van der Waals surface area contributed by atoms with Crippen molar-refractivity contribution in [2.75, 3.05) is 14.1 Å². The molecule has 0 spiro atoms. The first-order valence-corrected chi connectivity index (χ1v) is 5.55. The molecule has 4 nitrogen and oxygen atoms in total. The standard InChI is InChI=1S/C8H9F3N2O2S/c1-13(2)16(14,15)7-5-12-4-3-6(7)8(9,10)11/h3-5H,1-2H3. The van der Waals surface area contributed by atoms with E-state index >= 15 is 0 Å². The van der Waals surface area contributed by atoms with E-state index in [9.17, 15) is 21.6 Å². The van der Waals surface area contributed by atoms with E-state index in [1.54, 1.807) is 0 Å². The second-order valence-corrected chi connectivity index (χ2v) is 5.28. The van der Waals surface area contributed by atoms with Gasteiger partial charge >= 0.3 is 6.18 Å². The fourth-order valence-electron chi connectivity index (χ4n) is 1.02. The monoisotopic (exact) mass is 254 g/mol. The summed E-state index contributed by atoms with van der Waals surface area (Å²) in [5, 5.41) is 0. The van der Waals surface area contributed by atoms with E-state index in [2.05, 4.69) is 4.98 Å². The molecule has 0 aliphatic carbocycles. The maximum absolute atomic E-state index is 12.5. The van der Waals surface area contributed by atoms with Crippen LogP contribution in [0, 0.1) is 0 Å². The van der Waals surface area contributed by atoms with Crippen molar-refractivity contribution in [2.45, 2.75) is 11.1 Å². The molecule has 0 aliphatic rings. The second-order valence-electron chi connectivity index (χ2n) is 3.16. The summed E-state index contributed by atoms with van der Waals surface area (Å²) in [6, 6.07) is 0.635. The summed E-state index contributed by atoms with van der Waals surface area (Å²) in [6.45, 7) is 0. The Morgan fingerprint density at radius 2 is 1.88 bits per heavy atom. The summed E-state index contributed by atoms with van der Waals surface area (Å²) in [4.78, 5) is 2.56. The highest BCUT2D eigenvalue weighted by Gasteiger charge is 2.37. The first-order valence-electron chi connectivity index (χ1n) is 4.11. The molecule has 0 aliphatic heterocycles. The van der Waals surface area contributed by atoms with Crippen LogP contribution in [-0.4, -0.2) is 31.8 Å². The van der Waals surface area contributed by atoms with Crippen molar-refractivity contribution in [1.82, 2.24) is 9.29 Å². The summed E-state index contributed by atoms with van der Waals surface area (Å²) in [5.41, 5.74) is -1.21. The molecule has 0 saturated carbocycles. The van der Waals surface area contributed by atoms with Crippen LogP contribution in [0.4, 0.5) is 13.2 Å².